The number of rotatable bonds is 3. The molecule has 17 heavy (non-hydrogen) atoms. The lowest BCUT2D eigenvalue weighted by molar-refractivity contribution is 0.245. The van der Waals surface area contributed by atoms with Gasteiger partial charge in [0.1, 0.15) is 6.26 Å². The maximum atomic E-state index is 5.03. The van der Waals surface area contributed by atoms with Crippen LogP contribution in [0.1, 0.15) is 30.1 Å². The first-order valence-corrected chi connectivity index (χ1v) is 6.09. The predicted molar refractivity (Wildman–Crippen MR) is 65.3 cm³/mol. The summed E-state index contributed by atoms with van der Waals surface area (Å²) in [5, 5.41) is 0. The van der Waals surface area contributed by atoms with Crippen LogP contribution in [0.3, 0.4) is 0 Å². The summed E-state index contributed by atoms with van der Waals surface area (Å²) in [6.07, 6.45) is 5.74. The lowest BCUT2D eigenvalue weighted by atomic mass is 10.0. The Balaban J connectivity index is 1.76. The van der Waals surface area contributed by atoms with E-state index in [-0.39, 0.29) is 0 Å². The van der Waals surface area contributed by atoms with Gasteiger partial charge in [-0.1, -0.05) is 30.3 Å². The van der Waals surface area contributed by atoms with Crippen LogP contribution in [0.5, 0.6) is 0 Å². The monoisotopic (exact) mass is 228 g/mol. The van der Waals surface area contributed by atoms with Crippen molar-refractivity contribution in [2.24, 2.45) is 0 Å². The summed E-state index contributed by atoms with van der Waals surface area (Å²) in [4.78, 5) is 6.68. The maximum absolute atomic E-state index is 5.03. The molecular formula is C14H16N2O. The van der Waals surface area contributed by atoms with Crippen molar-refractivity contribution in [1.29, 1.82) is 0 Å². The highest BCUT2D eigenvalue weighted by molar-refractivity contribution is 5.20. The second-order valence-electron chi connectivity index (χ2n) is 4.52. The highest BCUT2D eigenvalue weighted by atomic mass is 16.3. The Kier molecular flexibility index (Phi) is 2.92. The average Bonchev–Trinajstić information content (AvgIpc) is 3.02. The molecule has 0 amide bonds. The molecule has 1 aromatic heterocycles. The van der Waals surface area contributed by atoms with Crippen molar-refractivity contribution in [1.82, 2.24) is 9.88 Å². The predicted octanol–water partition coefficient (Wildman–Crippen LogP) is 3.01. The number of hydrogen-bond donors (Lipinski definition) is 0. The molecular weight excluding hydrogens is 212 g/mol. The Morgan fingerprint density at radius 1 is 1.29 bits per heavy atom. The van der Waals surface area contributed by atoms with Gasteiger partial charge < -0.3 is 4.42 Å². The van der Waals surface area contributed by atoms with Crippen LogP contribution >= 0.6 is 0 Å². The second kappa shape index (κ2) is 4.72. The van der Waals surface area contributed by atoms with E-state index in [1.165, 1.54) is 24.8 Å². The third-order valence-electron chi connectivity index (χ3n) is 3.40. The van der Waals surface area contributed by atoms with Crippen LogP contribution in [0.4, 0.5) is 0 Å². The van der Waals surface area contributed by atoms with E-state index in [0.29, 0.717) is 6.04 Å². The van der Waals surface area contributed by atoms with Crippen molar-refractivity contribution in [2.75, 3.05) is 6.54 Å². The summed E-state index contributed by atoms with van der Waals surface area (Å²) in [7, 11) is 0. The van der Waals surface area contributed by atoms with E-state index in [2.05, 4.69) is 40.2 Å². The number of oxazole rings is 1. The van der Waals surface area contributed by atoms with Gasteiger partial charge in [0.05, 0.1) is 5.69 Å². The van der Waals surface area contributed by atoms with Gasteiger partial charge in [-0.25, -0.2) is 4.98 Å². The smallest absolute Gasteiger partial charge is 0.180 e. The molecule has 2 aromatic rings. The quantitative estimate of drug-likeness (QED) is 0.808. The molecule has 1 saturated heterocycles. The molecule has 3 nitrogen and oxygen atoms in total. The first-order valence-electron chi connectivity index (χ1n) is 6.09. The standard InChI is InChI=1S/C14H16N2O/c1-2-5-12(6-3-1)14-7-4-8-16(14)9-13-10-17-11-15-13/h1-3,5-6,10-11,14H,4,7-9H2. The van der Waals surface area contributed by atoms with Gasteiger partial charge in [0.15, 0.2) is 6.39 Å². The maximum Gasteiger partial charge on any atom is 0.180 e. The minimum atomic E-state index is 0.535. The summed E-state index contributed by atoms with van der Waals surface area (Å²) in [6, 6.07) is 11.3. The van der Waals surface area contributed by atoms with Crippen LogP contribution < -0.4 is 0 Å². The van der Waals surface area contributed by atoms with Crippen molar-refractivity contribution in [3.8, 4) is 0 Å². The average molecular weight is 228 g/mol. The number of aromatic nitrogens is 1. The highest BCUT2D eigenvalue weighted by Crippen LogP contribution is 2.32. The van der Waals surface area contributed by atoms with Crippen molar-refractivity contribution in [3.05, 3.63) is 54.2 Å². The summed E-state index contributed by atoms with van der Waals surface area (Å²) in [6.45, 7) is 2.03. The van der Waals surface area contributed by atoms with E-state index in [1.807, 2.05) is 0 Å². The third-order valence-corrected chi connectivity index (χ3v) is 3.40. The van der Waals surface area contributed by atoms with Gasteiger partial charge >= 0.3 is 0 Å². The summed E-state index contributed by atoms with van der Waals surface area (Å²) < 4.78 is 5.03. The van der Waals surface area contributed by atoms with Gasteiger partial charge in [-0.05, 0) is 24.9 Å². The fraction of sp³-hybridized carbons (Fsp3) is 0.357. The zero-order valence-corrected chi connectivity index (χ0v) is 9.75. The molecule has 3 heteroatoms. The number of nitrogens with zero attached hydrogens (tertiary/aromatic N) is 2. The third kappa shape index (κ3) is 2.24. The number of benzene rings is 1. The molecule has 2 heterocycles. The summed E-state index contributed by atoms with van der Waals surface area (Å²) in [5.41, 5.74) is 2.43. The molecule has 88 valence electrons. The number of likely N-dealkylation sites (tertiary alicyclic amines) is 1. The molecule has 0 spiro atoms. The van der Waals surface area contributed by atoms with Crippen molar-refractivity contribution in [3.63, 3.8) is 0 Å². The van der Waals surface area contributed by atoms with E-state index in [4.69, 9.17) is 4.42 Å². The highest BCUT2D eigenvalue weighted by Gasteiger charge is 2.26. The second-order valence-corrected chi connectivity index (χ2v) is 4.52. The van der Waals surface area contributed by atoms with Crippen LogP contribution in [0.15, 0.2) is 47.4 Å². The minimum absolute atomic E-state index is 0.535. The fourth-order valence-electron chi connectivity index (χ4n) is 2.59. The van der Waals surface area contributed by atoms with Crippen LogP contribution in [-0.2, 0) is 6.54 Å². The Hall–Kier alpha value is -1.61. The van der Waals surface area contributed by atoms with E-state index < -0.39 is 0 Å². The van der Waals surface area contributed by atoms with E-state index >= 15 is 0 Å². The first-order chi connectivity index (χ1) is 8.43. The van der Waals surface area contributed by atoms with Gasteiger partial charge in [-0.3, -0.25) is 4.90 Å². The Morgan fingerprint density at radius 2 is 2.18 bits per heavy atom. The molecule has 1 unspecified atom stereocenters. The van der Waals surface area contributed by atoms with E-state index in [9.17, 15) is 0 Å². The van der Waals surface area contributed by atoms with Gasteiger partial charge in [0.25, 0.3) is 0 Å². The topological polar surface area (TPSA) is 29.3 Å². The minimum Gasteiger partial charge on any atom is -0.451 e. The molecule has 0 N–H and O–H groups in total. The Bertz CT molecular complexity index is 452. The van der Waals surface area contributed by atoms with Gasteiger partial charge in [-0.15, -0.1) is 0 Å². The van der Waals surface area contributed by atoms with Crippen LogP contribution in [-0.4, -0.2) is 16.4 Å². The zero-order chi connectivity index (χ0) is 11.5. The largest absolute Gasteiger partial charge is 0.451 e. The molecule has 3 rings (SSSR count). The lowest BCUT2D eigenvalue weighted by Gasteiger charge is -2.23. The fourth-order valence-corrected chi connectivity index (χ4v) is 2.59. The van der Waals surface area contributed by atoms with Crippen molar-refractivity contribution in [2.45, 2.75) is 25.4 Å². The molecule has 0 aliphatic carbocycles. The lowest BCUT2D eigenvalue weighted by Crippen LogP contribution is -2.22. The molecule has 1 atom stereocenters. The van der Waals surface area contributed by atoms with Crippen LogP contribution in [0.2, 0.25) is 0 Å². The van der Waals surface area contributed by atoms with Crippen LogP contribution in [0, 0.1) is 0 Å². The van der Waals surface area contributed by atoms with E-state index in [1.54, 1.807) is 6.26 Å². The molecule has 1 fully saturated rings. The molecule has 1 aliphatic rings. The molecule has 0 saturated carbocycles. The molecule has 0 radical (unpaired) electrons. The van der Waals surface area contributed by atoms with Gasteiger partial charge in [-0.2, -0.15) is 0 Å². The normalized spacial score (nSPS) is 20.8. The summed E-state index contributed by atoms with van der Waals surface area (Å²) in [5.74, 6) is 0. The Morgan fingerprint density at radius 3 is 2.94 bits per heavy atom. The van der Waals surface area contributed by atoms with Crippen molar-refractivity contribution < 1.29 is 4.42 Å². The van der Waals surface area contributed by atoms with Crippen molar-refractivity contribution >= 4 is 0 Å². The molecule has 0 bridgehead atoms. The SMILES string of the molecule is c1ccc(C2CCCN2Cc2cocn2)cc1. The number of hydrogen-bond acceptors (Lipinski definition) is 3. The van der Waals surface area contributed by atoms with Crippen LogP contribution in [0.25, 0.3) is 0 Å². The van der Waals surface area contributed by atoms with Gasteiger partial charge in [0, 0.05) is 12.6 Å². The van der Waals surface area contributed by atoms with Gasteiger partial charge in [0.2, 0.25) is 0 Å². The zero-order valence-electron chi connectivity index (χ0n) is 9.75. The molecule has 1 aromatic carbocycles. The summed E-state index contributed by atoms with van der Waals surface area (Å²) >= 11 is 0. The first kappa shape index (κ1) is 10.5. The molecule has 1 aliphatic heterocycles. The van der Waals surface area contributed by atoms with E-state index in [0.717, 1.165) is 18.8 Å². The Labute approximate surface area is 101 Å².